The third kappa shape index (κ3) is 6.00. The lowest BCUT2D eigenvalue weighted by Gasteiger charge is -2.01. The molecular formula is C17H19ClN2OS. The van der Waals surface area contributed by atoms with Crippen LogP contribution in [0.15, 0.2) is 35.7 Å². The maximum Gasteiger partial charge on any atom is 0.243 e. The summed E-state index contributed by atoms with van der Waals surface area (Å²) in [6.45, 7) is 2.69. The Hall–Kier alpha value is -1.65. The summed E-state index contributed by atoms with van der Waals surface area (Å²) in [7, 11) is 0. The van der Waals surface area contributed by atoms with Crippen molar-refractivity contribution in [3.8, 4) is 0 Å². The van der Waals surface area contributed by atoms with E-state index < -0.39 is 0 Å². The molecule has 0 radical (unpaired) electrons. The van der Waals surface area contributed by atoms with Crippen LogP contribution < -0.4 is 5.32 Å². The SMILES string of the molecule is Cc1csc(CCCCNC(=O)/C=C/c2cccc(Cl)c2)n1. The second-order valence-electron chi connectivity index (χ2n) is 5.02. The molecule has 0 bridgehead atoms. The van der Waals surface area contributed by atoms with Crippen molar-refractivity contribution in [1.29, 1.82) is 0 Å². The van der Waals surface area contributed by atoms with Gasteiger partial charge in [0.05, 0.1) is 5.01 Å². The lowest BCUT2D eigenvalue weighted by molar-refractivity contribution is -0.116. The Morgan fingerprint density at radius 3 is 3.00 bits per heavy atom. The zero-order chi connectivity index (χ0) is 15.8. The second kappa shape index (κ2) is 8.71. The van der Waals surface area contributed by atoms with E-state index in [4.69, 9.17) is 11.6 Å². The number of thiazole rings is 1. The third-order valence-electron chi connectivity index (χ3n) is 3.06. The van der Waals surface area contributed by atoms with E-state index in [1.165, 1.54) is 11.1 Å². The number of nitrogens with zero attached hydrogens (tertiary/aromatic N) is 1. The fourth-order valence-corrected chi connectivity index (χ4v) is 2.99. The van der Waals surface area contributed by atoms with Crippen molar-refractivity contribution in [3.05, 3.63) is 57.0 Å². The highest BCUT2D eigenvalue weighted by molar-refractivity contribution is 7.09. The smallest absolute Gasteiger partial charge is 0.243 e. The van der Waals surface area contributed by atoms with Crippen LogP contribution >= 0.6 is 22.9 Å². The summed E-state index contributed by atoms with van der Waals surface area (Å²) in [4.78, 5) is 16.1. The van der Waals surface area contributed by atoms with E-state index in [1.807, 2.05) is 31.2 Å². The average Bonchev–Trinajstić information content (AvgIpc) is 2.90. The van der Waals surface area contributed by atoms with Gasteiger partial charge < -0.3 is 5.32 Å². The Balaban J connectivity index is 1.63. The molecule has 1 heterocycles. The quantitative estimate of drug-likeness (QED) is 0.607. The lowest BCUT2D eigenvalue weighted by Crippen LogP contribution is -2.22. The number of hydrogen-bond acceptors (Lipinski definition) is 3. The summed E-state index contributed by atoms with van der Waals surface area (Å²) in [6.07, 6.45) is 6.27. The predicted molar refractivity (Wildman–Crippen MR) is 93.3 cm³/mol. The average molecular weight is 335 g/mol. The molecule has 0 saturated carbocycles. The van der Waals surface area contributed by atoms with Gasteiger partial charge in [-0.3, -0.25) is 4.79 Å². The van der Waals surface area contributed by atoms with Crippen LogP contribution in [0.5, 0.6) is 0 Å². The van der Waals surface area contributed by atoms with Crippen molar-refractivity contribution >= 4 is 34.9 Å². The van der Waals surface area contributed by atoms with Gasteiger partial charge in [0.25, 0.3) is 0 Å². The maximum absolute atomic E-state index is 11.7. The molecule has 0 atom stereocenters. The summed E-state index contributed by atoms with van der Waals surface area (Å²) >= 11 is 7.59. The summed E-state index contributed by atoms with van der Waals surface area (Å²) in [5, 5.41) is 6.79. The van der Waals surface area contributed by atoms with Crippen LogP contribution in [0.2, 0.25) is 5.02 Å². The molecule has 1 N–H and O–H groups in total. The molecule has 0 spiro atoms. The zero-order valence-corrected chi connectivity index (χ0v) is 14.1. The lowest BCUT2D eigenvalue weighted by atomic mass is 10.2. The number of benzene rings is 1. The summed E-state index contributed by atoms with van der Waals surface area (Å²) in [5.41, 5.74) is 2.00. The predicted octanol–water partition coefficient (Wildman–Crippen LogP) is 4.26. The summed E-state index contributed by atoms with van der Waals surface area (Å²) < 4.78 is 0. The van der Waals surface area contributed by atoms with Crippen molar-refractivity contribution in [2.75, 3.05) is 6.54 Å². The van der Waals surface area contributed by atoms with Gasteiger partial charge >= 0.3 is 0 Å². The summed E-state index contributed by atoms with van der Waals surface area (Å²) in [6, 6.07) is 7.40. The maximum atomic E-state index is 11.7. The van der Waals surface area contributed by atoms with Crippen LogP contribution in [0.3, 0.4) is 0 Å². The van der Waals surface area contributed by atoms with E-state index in [-0.39, 0.29) is 5.91 Å². The third-order valence-corrected chi connectivity index (χ3v) is 4.32. The van der Waals surface area contributed by atoms with E-state index in [0.717, 1.165) is 30.5 Å². The van der Waals surface area contributed by atoms with E-state index in [0.29, 0.717) is 11.6 Å². The molecule has 0 aliphatic heterocycles. The molecule has 0 unspecified atom stereocenters. The van der Waals surface area contributed by atoms with Crippen LogP contribution in [-0.4, -0.2) is 17.4 Å². The molecule has 0 saturated heterocycles. The van der Waals surface area contributed by atoms with Gasteiger partial charge in [-0.1, -0.05) is 23.7 Å². The van der Waals surface area contributed by atoms with Crippen LogP contribution in [0.1, 0.15) is 29.1 Å². The Kier molecular flexibility index (Phi) is 6.62. The topological polar surface area (TPSA) is 42.0 Å². The molecule has 3 nitrogen and oxygen atoms in total. The van der Waals surface area contributed by atoms with Crippen molar-refractivity contribution in [3.63, 3.8) is 0 Å². The number of unbranched alkanes of at least 4 members (excludes halogenated alkanes) is 1. The number of aryl methyl sites for hydroxylation is 2. The highest BCUT2D eigenvalue weighted by Gasteiger charge is 1.99. The minimum Gasteiger partial charge on any atom is -0.353 e. The molecule has 116 valence electrons. The normalized spacial score (nSPS) is 11.0. The fourth-order valence-electron chi connectivity index (χ4n) is 1.97. The van der Waals surface area contributed by atoms with E-state index in [1.54, 1.807) is 17.4 Å². The van der Waals surface area contributed by atoms with E-state index >= 15 is 0 Å². The zero-order valence-electron chi connectivity index (χ0n) is 12.5. The number of halogens is 1. The number of rotatable bonds is 7. The van der Waals surface area contributed by atoms with Gasteiger partial charge in [-0.25, -0.2) is 4.98 Å². The number of carbonyl (C=O) groups is 1. The summed E-state index contributed by atoms with van der Waals surface area (Å²) in [5.74, 6) is -0.0786. The molecule has 5 heteroatoms. The van der Waals surface area contributed by atoms with Crippen LogP contribution in [-0.2, 0) is 11.2 Å². The number of nitrogens with one attached hydrogen (secondary N) is 1. The van der Waals surface area contributed by atoms with Gasteiger partial charge in [0.1, 0.15) is 0 Å². The number of hydrogen-bond donors (Lipinski definition) is 1. The molecule has 0 aliphatic carbocycles. The van der Waals surface area contributed by atoms with Gasteiger partial charge in [0.2, 0.25) is 5.91 Å². The minimum absolute atomic E-state index is 0.0786. The van der Waals surface area contributed by atoms with Gasteiger partial charge in [-0.05, 0) is 50.0 Å². The molecule has 1 amide bonds. The molecule has 22 heavy (non-hydrogen) atoms. The molecule has 2 rings (SSSR count). The van der Waals surface area contributed by atoms with Gasteiger partial charge in [0, 0.05) is 28.7 Å². The Bertz CT molecular complexity index is 652. The van der Waals surface area contributed by atoms with Crippen molar-refractivity contribution in [2.24, 2.45) is 0 Å². The van der Waals surface area contributed by atoms with Crippen molar-refractivity contribution in [2.45, 2.75) is 26.2 Å². The molecular weight excluding hydrogens is 316 g/mol. The van der Waals surface area contributed by atoms with Gasteiger partial charge in [-0.2, -0.15) is 0 Å². The van der Waals surface area contributed by atoms with Gasteiger partial charge in [-0.15, -0.1) is 11.3 Å². The Morgan fingerprint density at radius 1 is 1.41 bits per heavy atom. The first kappa shape index (κ1) is 16.7. The first-order chi connectivity index (χ1) is 10.6. The molecule has 0 fully saturated rings. The number of aromatic nitrogens is 1. The second-order valence-corrected chi connectivity index (χ2v) is 6.40. The molecule has 1 aromatic heterocycles. The largest absolute Gasteiger partial charge is 0.353 e. The van der Waals surface area contributed by atoms with Crippen LogP contribution in [0, 0.1) is 6.92 Å². The molecule has 2 aromatic rings. The number of carbonyl (C=O) groups excluding carboxylic acids is 1. The van der Waals surface area contributed by atoms with E-state index in [9.17, 15) is 4.79 Å². The highest BCUT2D eigenvalue weighted by Crippen LogP contribution is 2.12. The van der Waals surface area contributed by atoms with E-state index in [2.05, 4.69) is 15.7 Å². The number of amides is 1. The standard InChI is InChI=1S/C17H19ClN2OS/c1-13-12-22-17(20-13)7-2-3-10-19-16(21)9-8-14-5-4-6-15(18)11-14/h4-6,8-9,11-12H,2-3,7,10H2,1H3,(H,19,21)/b9-8+. The molecule has 0 aliphatic rings. The molecule has 1 aromatic carbocycles. The monoisotopic (exact) mass is 334 g/mol. The highest BCUT2D eigenvalue weighted by atomic mass is 35.5. The first-order valence-electron chi connectivity index (χ1n) is 7.26. The first-order valence-corrected chi connectivity index (χ1v) is 8.52. The minimum atomic E-state index is -0.0786. The fraction of sp³-hybridized carbons (Fsp3) is 0.294. The Labute approximate surface area is 140 Å². The van der Waals surface area contributed by atoms with Crippen molar-refractivity contribution in [1.82, 2.24) is 10.3 Å². The van der Waals surface area contributed by atoms with Crippen LogP contribution in [0.25, 0.3) is 6.08 Å². The Morgan fingerprint density at radius 2 is 2.27 bits per heavy atom. The van der Waals surface area contributed by atoms with Crippen molar-refractivity contribution < 1.29 is 4.79 Å². The van der Waals surface area contributed by atoms with Crippen LogP contribution in [0.4, 0.5) is 0 Å². The van der Waals surface area contributed by atoms with Gasteiger partial charge in [0.15, 0.2) is 0 Å².